The Labute approximate surface area is 108 Å². The molecule has 102 valence electrons. The summed E-state index contributed by atoms with van der Waals surface area (Å²) in [6.45, 7) is 4.94. The van der Waals surface area contributed by atoms with Crippen LogP contribution < -0.4 is 0 Å². The zero-order valence-corrected chi connectivity index (χ0v) is 10.9. The number of Topliss-reactive ketones (excluding diaryl/α,β-unsaturated/α-hetero) is 1. The molecule has 0 spiro atoms. The predicted octanol–water partition coefficient (Wildman–Crippen LogP) is 4.44. The summed E-state index contributed by atoms with van der Waals surface area (Å²) in [7, 11) is 0. The van der Waals surface area contributed by atoms with Gasteiger partial charge in [0.25, 0.3) is 0 Å². The van der Waals surface area contributed by atoms with Gasteiger partial charge in [-0.25, -0.2) is 0 Å². The van der Waals surface area contributed by atoms with Crippen LogP contribution in [0.3, 0.4) is 0 Å². The fourth-order valence-corrected chi connectivity index (χ4v) is 2.23. The van der Waals surface area contributed by atoms with E-state index in [9.17, 15) is 18.0 Å². The van der Waals surface area contributed by atoms with Crippen molar-refractivity contribution in [3.05, 3.63) is 35.5 Å². The molecule has 2 rings (SSSR count). The molecule has 0 fully saturated rings. The summed E-state index contributed by atoms with van der Waals surface area (Å²) < 4.78 is 40.7. The Morgan fingerprint density at radius 1 is 1.26 bits per heavy atom. The topological polar surface area (TPSA) is 22.0 Å². The quantitative estimate of drug-likeness (QED) is 0.738. The third-order valence-electron chi connectivity index (χ3n) is 3.09. The molecule has 1 aromatic heterocycles. The van der Waals surface area contributed by atoms with Gasteiger partial charge < -0.3 is 4.57 Å². The number of carbonyl (C=O) groups is 1. The van der Waals surface area contributed by atoms with Crippen molar-refractivity contribution in [3.8, 4) is 0 Å². The third kappa shape index (κ3) is 2.25. The minimum Gasteiger partial charge on any atom is -0.344 e. The summed E-state index contributed by atoms with van der Waals surface area (Å²) in [6.07, 6.45) is -2.93. The fraction of sp³-hybridized carbons (Fsp3) is 0.357. The molecule has 0 unspecified atom stereocenters. The first kappa shape index (κ1) is 13.6. The summed E-state index contributed by atoms with van der Waals surface area (Å²) in [5, 5.41) is 0.357. The molecule has 0 aliphatic rings. The van der Waals surface area contributed by atoms with Gasteiger partial charge in [-0.3, -0.25) is 4.79 Å². The van der Waals surface area contributed by atoms with Crippen LogP contribution in [0.2, 0.25) is 0 Å². The van der Waals surface area contributed by atoms with E-state index in [0.717, 1.165) is 6.07 Å². The maximum Gasteiger partial charge on any atom is 0.418 e. The van der Waals surface area contributed by atoms with E-state index in [1.807, 2.05) is 0 Å². The molecule has 2 aromatic rings. The monoisotopic (exact) mass is 269 g/mol. The maximum absolute atomic E-state index is 13.1. The van der Waals surface area contributed by atoms with Crippen LogP contribution in [-0.4, -0.2) is 10.4 Å². The van der Waals surface area contributed by atoms with Crippen molar-refractivity contribution >= 4 is 16.7 Å². The predicted molar refractivity (Wildman–Crippen MR) is 67.3 cm³/mol. The van der Waals surface area contributed by atoms with E-state index in [1.165, 1.54) is 23.8 Å². The molecular weight excluding hydrogens is 255 g/mol. The summed E-state index contributed by atoms with van der Waals surface area (Å²) >= 11 is 0. The SMILES string of the molecule is CC(=O)c1cn(C(C)C)c2c(C(F)(F)F)cccc12. The van der Waals surface area contributed by atoms with Crippen LogP contribution >= 0.6 is 0 Å². The number of hydrogen-bond donors (Lipinski definition) is 0. The minimum atomic E-state index is -4.43. The Kier molecular flexibility index (Phi) is 3.16. The Hall–Kier alpha value is -1.78. The summed E-state index contributed by atoms with van der Waals surface area (Å²) in [6, 6.07) is 3.78. The molecule has 0 saturated carbocycles. The first-order valence-corrected chi connectivity index (χ1v) is 5.95. The number of alkyl halides is 3. The Morgan fingerprint density at radius 2 is 1.89 bits per heavy atom. The third-order valence-corrected chi connectivity index (χ3v) is 3.09. The van der Waals surface area contributed by atoms with E-state index in [1.54, 1.807) is 19.9 Å². The van der Waals surface area contributed by atoms with Crippen molar-refractivity contribution in [1.82, 2.24) is 4.57 Å². The maximum atomic E-state index is 13.1. The van der Waals surface area contributed by atoms with Crippen LogP contribution in [0, 0.1) is 0 Å². The fourth-order valence-electron chi connectivity index (χ4n) is 2.23. The summed E-state index contributed by atoms with van der Waals surface area (Å²) in [4.78, 5) is 11.6. The highest BCUT2D eigenvalue weighted by atomic mass is 19.4. The average Bonchev–Trinajstić information content (AvgIpc) is 2.66. The van der Waals surface area contributed by atoms with Crippen molar-refractivity contribution in [2.75, 3.05) is 0 Å². The summed E-state index contributed by atoms with van der Waals surface area (Å²) in [5.74, 6) is -0.233. The van der Waals surface area contributed by atoms with Crippen molar-refractivity contribution in [3.63, 3.8) is 0 Å². The standard InChI is InChI=1S/C14H14F3NO/c1-8(2)18-7-11(9(3)19)10-5-4-6-12(13(10)18)14(15,16)17/h4-8H,1-3H3. The largest absolute Gasteiger partial charge is 0.418 e. The van der Waals surface area contributed by atoms with Gasteiger partial charge in [0.1, 0.15) is 0 Å². The number of rotatable bonds is 2. The van der Waals surface area contributed by atoms with E-state index in [-0.39, 0.29) is 17.3 Å². The van der Waals surface area contributed by atoms with E-state index >= 15 is 0 Å². The van der Waals surface area contributed by atoms with Crippen molar-refractivity contribution < 1.29 is 18.0 Å². The van der Waals surface area contributed by atoms with Crippen molar-refractivity contribution in [1.29, 1.82) is 0 Å². The molecule has 1 heterocycles. The molecule has 1 aromatic carbocycles. The number of ketones is 1. The van der Waals surface area contributed by atoms with Gasteiger partial charge in [-0.2, -0.15) is 13.2 Å². The molecule has 0 bridgehead atoms. The highest BCUT2D eigenvalue weighted by molar-refractivity contribution is 6.07. The zero-order valence-electron chi connectivity index (χ0n) is 10.9. The van der Waals surface area contributed by atoms with Gasteiger partial charge in [0.2, 0.25) is 0 Å². The Balaban J connectivity index is 2.91. The van der Waals surface area contributed by atoms with Crippen LogP contribution in [0.4, 0.5) is 13.2 Å². The smallest absolute Gasteiger partial charge is 0.344 e. The highest BCUT2D eigenvalue weighted by Crippen LogP contribution is 2.37. The number of para-hydroxylation sites is 1. The van der Waals surface area contributed by atoms with Crippen LogP contribution in [-0.2, 0) is 6.18 Å². The lowest BCUT2D eigenvalue weighted by Gasteiger charge is -2.14. The lowest BCUT2D eigenvalue weighted by molar-refractivity contribution is -0.136. The second-order valence-electron chi connectivity index (χ2n) is 4.80. The number of benzene rings is 1. The Morgan fingerprint density at radius 3 is 2.37 bits per heavy atom. The van der Waals surface area contributed by atoms with Crippen LogP contribution in [0.15, 0.2) is 24.4 Å². The molecule has 0 aliphatic carbocycles. The molecule has 0 atom stereocenters. The molecule has 0 aliphatic heterocycles. The van der Waals surface area contributed by atoms with Crippen LogP contribution in [0.1, 0.15) is 42.7 Å². The second kappa shape index (κ2) is 4.40. The van der Waals surface area contributed by atoms with Gasteiger partial charge in [-0.15, -0.1) is 0 Å². The highest BCUT2D eigenvalue weighted by Gasteiger charge is 2.34. The molecule has 19 heavy (non-hydrogen) atoms. The number of aromatic nitrogens is 1. The molecule has 0 N–H and O–H groups in total. The first-order chi connectivity index (χ1) is 8.73. The van der Waals surface area contributed by atoms with Crippen molar-refractivity contribution in [2.45, 2.75) is 33.0 Å². The van der Waals surface area contributed by atoms with E-state index in [2.05, 4.69) is 0 Å². The van der Waals surface area contributed by atoms with Gasteiger partial charge in [0, 0.05) is 23.2 Å². The summed E-state index contributed by atoms with van der Waals surface area (Å²) in [5.41, 5.74) is -0.295. The van der Waals surface area contributed by atoms with Gasteiger partial charge in [-0.05, 0) is 26.8 Å². The van der Waals surface area contributed by atoms with E-state index in [0.29, 0.717) is 10.9 Å². The normalized spacial score (nSPS) is 12.4. The molecule has 2 nitrogen and oxygen atoms in total. The lowest BCUT2D eigenvalue weighted by atomic mass is 10.1. The van der Waals surface area contributed by atoms with E-state index < -0.39 is 11.7 Å². The average molecular weight is 269 g/mol. The molecule has 5 heteroatoms. The van der Waals surface area contributed by atoms with Crippen molar-refractivity contribution in [2.24, 2.45) is 0 Å². The number of nitrogens with zero attached hydrogens (tertiary/aromatic N) is 1. The second-order valence-corrected chi connectivity index (χ2v) is 4.80. The van der Waals surface area contributed by atoms with Gasteiger partial charge >= 0.3 is 6.18 Å². The number of halogens is 3. The molecular formula is C14H14F3NO. The molecule has 0 saturated heterocycles. The lowest BCUT2D eigenvalue weighted by Crippen LogP contribution is -2.09. The van der Waals surface area contributed by atoms with Gasteiger partial charge in [0.15, 0.2) is 5.78 Å². The van der Waals surface area contributed by atoms with Gasteiger partial charge in [0.05, 0.1) is 11.1 Å². The molecule has 0 radical (unpaired) electrons. The number of carbonyl (C=O) groups excluding carboxylic acids is 1. The first-order valence-electron chi connectivity index (χ1n) is 5.95. The number of fused-ring (bicyclic) bond motifs is 1. The van der Waals surface area contributed by atoms with Gasteiger partial charge in [-0.1, -0.05) is 12.1 Å². The van der Waals surface area contributed by atoms with Crippen LogP contribution in [0.5, 0.6) is 0 Å². The molecule has 0 amide bonds. The van der Waals surface area contributed by atoms with E-state index in [4.69, 9.17) is 0 Å². The number of hydrogen-bond acceptors (Lipinski definition) is 1. The zero-order chi connectivity index (χ0) is 14.4. The Bertz CT molecular complexity index is 638. The minimum absolute atomic E-state index is 0.0789. The van der Waals surface area contributed by atoms with Crippen LogP contribution in [0.25, 0.3) is 10.9 Å².